The van der Waals surface area contributed by atoms with E-state index in [1.54, 1.807) is 0 Å². The van der Waals surface area contributed by atoms with E-state index in [1.165, 1.54) is 5.57 Å². The van der Waals surface area contributed by atoms with E-state index in [-0.39, 0.29) is 0 Å². The maximum atomic E-state index is 5.55. The monoisotopic (exact) mass is 281 g/mol. The molecule has 2 nitrogen and oxygen atoms in total. The molecule has 1 rings (SSSR count). The van der Waals surface area contributed by atoms with Crippen LogP contribution in [0.2, 0.25) is 0 Å². The van der Waals surface area contributed by atoms with Crippen LogP contribution in [0.3, 0.4) is 0 Å². The summed E-state index contributed by atoms with van der Waals surface area (Å²) in [5.41, 5.74) is 1.33. The highest BCUT2D eigenvalue weighted by atomic mass is 127. The molecule has 0 amide bonds. The minimum absolute atomic E-state index is 0.310. The average Bonchev–Trinajstić information content (AvgIpc) is 2.26. The van der Waals surface area contributed by atoms with Gasteiger partial charge in [-0.15, -0.1) is 0 Å². The first kappa shape index (κ1) is 10.5. The van der Waals surface area contributed by atoms with Gasteiger partial charge in [-0.1, -0.05) is 34.7 Å². The second-order valence-corrected chi connectivity index (χ2v) is 5.15. The molecule has 1 fully saturated rings. The van der Waals surface area contributed by atoms with Crippen molar-refractivity contribution in [1.82, 2.24) is 4.90 Å². The fourth-order valence-corrected chi connectivity index (χ4v) is 1.67. The first-order valence-corrected chi connectivity index (χ1v) is 5.46. The molecule has 70 valence electrons. The SMILES string of the molecule is C=C1C[C@@H](COC(C)I)N(C)C1. The van der Waals surface area contributed by atoms with E-state index in [4.69, 9.17) is 4.74 Å². The van der Waals surface area contributed by atoms with Gasteiger partial charge in [-0.25, -0.2) is 0 Å². The Kier molecular flexibility index (Phi) is 3.99. The Bertz CT molecular complexity index is 170. The number of hydrogen-bond acceptors (Lipinski definition) is 2. The molecule has 0 aromatic carbocycles. The maximum absolute atomic E-state index is 5.55. The van der Waals surface area contributed by atoms with Crippen molar-refractivity contribution in [1.29, 1.82) is 0 Å². The second kappa shape index (κ2) is 4.58. The Morgan fingerprint density at radius 1 is 1.83 bits per heavy atom. The Morgan fingerprint density at radius 3 is 2.92 bits per heavy atom. The molecule has 3 heteroatoms. The number of nitrogens with zero attached hydrogens (tertiary/aromatic N) is 1. The van der Waals surface area contributed by atoms with Crippen LogP contribution in [0.4, 0.5) is 0 Å². The van der Waals surface area contributed by atoms with Gasteiger partial charge in [-0.2, -0.15) is 0 Å². The van der Waals surface area contributed by atoms with Crippen molar-refractivity contribution in [3.05, 3.63) is 12.2 Å². The fourth-order valence-electron chi connectivity index (χ4n) is 1.47. The molecule has 0 aromatic rings. The van der Waals surface area contributed by atoms with Gasteiger partial charge in [0.05, 0.1) is 6.61 Å². The summed E-state index contributed by atoms with van der Waals surface area (Å²) in [5.74, 6) is 0. The summed E-state index contributed by atoms with van der Waals surface area (Å²) in [6, 6.07) is 0.551. The molecule has 0 bridgehead atoms. The van der Waals surface area contributed by atoms with Crippen molar-refractivity contribution >= 4 is 22.6 Å². The van der Waals surface area contributed by atoms with Crippen LogP contribution >= 0.6 is 22.6 Å². The fraction of sp³-hybridized carbons (Fsp3) is 0.778. The van der Waals surface area contributed by atoms with Crippen molar-refractivity contribution < 1.29 is 4.74 Å². The third-order valence-corrected chi connectivity index (χ3v) is 2.50. The summed E-state index contributed by atoms with van der Waals surface area (Å²) in [5, 5.41) is 0. The van der Waals surface area contributed by atoms with Crippen molar-refractivity contribution in [2.24, 2.45) is 0 Å². The van der Waals surface area contributed by atoms with E-state index >= 15 is 0 Å². The highest BCUT2D eigenvalue weighted by molar-refractivity contribution is 14.1. The van der Waals surface area contributed by atoms with Crippen molar-refractivity contribution in [3.8, 4) is 0 Å². The Labute approximate surface area is 88.1 Å². The topological polar surface area (TPSA) is 12.5 Å². The molecule has 0 aliphatic carbocycles. The zero-order chi connectivity index (χ0) is 9.14. The first-order valence-electron chi connectivity index (χ1n) is 4.22. The largest absolute Gasteiger partial charge is 0.367 e. The van der Waals surface area contributed by atoms with Crippen molar-refractivity contribution in [2.45, 2.75) is 23.5 Å². The van der Waals surface area contributed by atoms with Crippen molar-refractivity contribution in [2.75, 3.05) is 20.2 Å². The third kappa shape index (κ3) is 3.03. The lowest BCUT2D eigenvalue weighted by molar-refractivity contribution is 0.0854. The van der Waals surface area contributed by atoms with Gasteiger partial charge in [0, 0.05) is 12.6 Å². The normalized spacial score (nSPS) is 27.9. The lowest BCUT2D eigenvalue weighted by Gasteiger charge is -2.19. The Balaban J connectivity index is 2.28. The summed E-state index contributed by atoms with van der Waals surface area (Å²) in [6.45, 7) is 7.91. The predicted octanol–water partition coefficient (Wildman–Crippen LogP) is 2.04. The molecular formula is C9H16INO. The van der Waals surface area contributed by atoms with Crippen LogP contribution in [0.5, 0.6) is 0 Å². The van der Waals surface area contributed by atoms with E-state index in [9.17, 15) is 0 Å². The number of halogens is 1. The van der Waals surface area contributed by atoms with Gasteiger partial charge < -0.3 is 4.74 Å². The van der Waals surface area contributed by atoms with Crippen LogP contribution in [-0.2, 0) is 4.74 Å². The summed E-state index contributed by atoms with van der Waals surface area (Å²) >= 11 is 2.28. The number of likely N-dealkylation sites (tertiary alicyclic amines) is 1. The number of alkyl halides is 1. The standard InChI is InChI=1S/C9H16INO/c1-7-4-9(11(3)5-7)6-12-8(2)10/h8-9H,1,4-6H2,2-3H3/t8?,9-/m0/s1. The molecule has 1 saturated heterocycles. The first-order chi connectivity index (χ1) is 5.59. The van der Waals surface area contributed by atoms with E-state index < -0.39 is 0 Å². The van der Waals surface area contributed by atoms with E-state index in [1.807, 2.05) is 0 Å². The van der Waals surface area contributed by atoms with Crippen LogP contribution < -0.4 is 0 Å². The number of hydrogen-bond donors (Lipinski definition) is 0. The molecule has 0 saturated carbocycles. The van der Waals surface area contributed by atoms with Crippen LogP contribution in [-0.4, -0.2) is 35.3 Å². The van der Waals surface area contributed by atoms with Gasteiger partial charge in [0.2, 0.25) is 0 Å². The lowest BCUT2D eigenvalue weighted by atomic mass is 10.2. The molecule has 0 aromatic heterocycles. The zero-order valence-corrected chi connectivity index (χ0v) is 9.87. The average molecular weight is 281 g/mol. The smallest absolute Gasteiger partial charge is 0.106 e. The summed E-state index contributed by atoms with van der Waals surface area (Å²) < 4.78 is 5.86. The van der Waals surface area contributed by atoms with Crippen molar-refractivity contribution in [3.63, 3.8) is 0 Å². The van der Waals surface area contributed by atoms with E-state index in [2.05, 4.69) is 48.0 Å². The zero-order valence-electron chi connectivity index (χ0n) is 7.72. The quantitative estimate of drug-likeness (QED) is 0.446. The van der Waals surface area contributed by atoms with Crippen LogP contribution in [0, 0.1) is 0 Å². The second-order valence-electron chi connectivity index (χ2n) is 3.40. The lowest BCUT2D eigenvalue weighted by Crippen LogP contribution is -2.30. The molecule has 1 aliphatic heterocycles. The molecule has 1 aliphatic rings. The Hall–Kier alpha value is 0.390. The minimum Gasteiger partial charge on any atom is -0.367 e. The molecule has 1 heterocycles. The molecule has 0 spiro atoms. The molecule has 0 radical (unpaired) electrons. The van der Waals surface area contributed by atoms with Crippen LogP contribution in [0.25, 0.3) is 0 Å². The Morgan fingerprint density at radius 2 is 2.50 bits per heavy atom. The van der Waals surface area contributed by atoms with Gasteiger partial charge in [-0.3, -0.25) is 4.90 Å². The summed E-state index contributed by atoms with van der Waals surface area (Å²) in [6.07, 6.45) is 1.10. The van der Waals surface area contributed by atoms with Gasteiger partial charge in [0.25, 0.3) is 0 Å². The highest BCUT2D eigenvalue weighted by Crippen LogP contribution is 2.19. The predicted molar refractivity (Wildman–Crippen MR) is 59.6 cm³/mol. The van der Waals surface area contributed by atoms with E-state index in [0.29, 0.717) is 10.2 Å². The molecule has 0 N–H and O–H groups in total. The molecule has 2 atom stereocenters. The van der Waals surface area contributed by atoms with Gasteiger partial charge in [0.15, 0.2) is 0 Å². The molecule has 12 heavy (non-hydrogen) atoms. The minimum atomic E-state index is 0.310. The van der Waals surface area contributed by atoms with Gasteiger partial charge in [0.1, 0.15) is 4.11 Å². The van der Waals surface area contributed by atoms with Gasteiger partial charge in [-0.05, 0) is 20.4 Å². The van der Waals surface area contributed by atoms with Gasteiger partial charge >= 0.3 is 0 Å². The number of likely N-dealkylation sites (N-methyl/N-ethyl adjacent to an activating group) is 1. The molecular weight excluding hydrogens is 265 g/mol. The third-order valence-electron chi connectivity index (χ3n) is 2.14. The molecule has 1 unspecified atom stereocenters. The maximum Gasteiger partial charge on any atom is 0.106 e. The summed E-state index contributed by atoms with van der Waals surface area (Å²) in [7, 11) is 2.13. The number of ether oxygens (including phenoxy) is 1. The number of rotatable bonds is 3. The highest BCUT2D eigenvalue weighted by Gasteiger charge is 2.23. The summed E-state index contributed by atoms with van der Waals surface area (Å²) in [4.78, 5) is 2.31. The van der Waals surface area contributed by atoms with Crippen LogP contribution in [0.15, 0.2) is 12.2 Å². The van der Waals surface area contributed by atoms with E-state index in [0.717, 1.165) is 19.6 Å². The van der Waals surface area contributed by atoms with Crippen LogP contribution in [0.1, 0.15) is 13.3 Å².